The van der Waals surface area contributed by atoms with E-state index in [-0.39, 0.29) is 6.04 Å². The van der Waals surface area contributed by atoms with Crippen LogP contribution in [0, 0.1) is 5.92 Å². The van der Waals surface area contributed by atoms with Gasteiger partial charge in [-0.3, -0.25) is 0 Å². The van der Waals surface area contributed by atoms with Gasteiger partial charge in [-0.05, 0) is 18.4 Å². The van der Waals surface area contributed by atoms with Gasteiger partial charge in [0.15, 0.2) is 0 Å². The third-order valence-electron chi connectivity index (χ3n) is 3.60. The summed E-state index contributed by atoms with van der Waals surface area (Å²) in [6.07, 6.45) is 2.39. The minimum absolute atomic E-state index is 0.212. The summed E-state index contributed by atoms with van der Waals surface area (Å²) in [6, 6.07) is 8.47. The van der Waals surface area contributed by atoms with Gasteiger partial charge < -0.3 is 10.5 Å². The molecule has 2 N–H and O–H groups in total. The van der Waals surface area contributed by atoms with Crippen molar-refractivity contribution in [2.45, 2.75) is 38.6 Å². The second-order valence-corrected chi connectivity index (χ2v) is 4.80. The first kappa shape index (κ1) is 11.5. The normalized spacial score (nSPS) is 22.3. The van der Waals surface area contributed by atoms with Crippen LogP contribution in [-0.4, -0.2) is 12.6 Å². The van der Waals surface area contributed by atoms with Crippen molar-refractivity contribution in [1.29, 1.82) is 0 Å². The molecule has 3 atom stereocenters. The van der Waals surface area contributed by atoms with Crippen LogP contribution in [0.25, 0.3) is 0 Å². The molecule has 16 heavy (non-hydrogen) atoms. The van der Waals surface area contributed by atoms with E-state index in [0.29, 0.717) is 11.8 Å². The van der Waals surface area contributed by atoms with Crippen LogP contribution in [0.2, 0.25) is 0 Å². The van der Waals surface area contributed by atoms with Gasteiger partial charge >= 0.3 is 0 Å². The molecule has 2 nitrogen and oxygen atoms in total. The number of ether oxygens (including phenoxy) is 1. The summed E-state index contributed by atoms with van der Waals surface area (Å²) >= 11 is 0. The Labute approximate surface area is 97.8 Å². The van der Waals surface area contributed by atoms with E-state index < -0.39 is 0 Å². The molecular formula is C14H21NO. The summed E-state index contributed by atoms with van der Waals surface area (Å²) in [6.45, 7) is 5.20. The van der Waals surface area contributed by atoms with Crippen LogP contribution >= 0.6 is 0 Å². The SMILES string of the molecule is CCCC(C)C(N)C1COc2ccccc21. The molecule has 1 aliphatic rings. The minimum Gasteiger partial charge on any atom is -0.493 e. The Morgan fingerprint density at radius 3 is 2.94 bits per heavy atom. The Hall–Kier alpha value is -1.02. The Bertz CT molecular complexity index is 350. The van der Waals surface area contributed by atoms with Crippen LogP contribution in [0.15, 0.2) is 24.3 Å². The quantitative estimate of drug-likeness (QED) is 0.845. The predicted molar refractivity (Wildman–Crippen MR) is 66.7 cm³/mol. The second kappa shape index (κ2) is 4.88. The second-order valence-electron chi connectivity index (χ2n) is 4.80. The van der Waals surface area contributed by atoms with Gasteiger partial charge in [0, 0.05) is 17.5 Å². The maximum absolute atomic E-state index is 6.34. The van der Waals surface area contributed by atoms with Crippen molar-refractivity contribution in [3.8, 4) is 5.75 Å². The average Bonchev–Trinajstić information content (AvgIpc) is 2.72. The summed E-state index contributed by atoms with van der Waals surface area (Å²) < 4.78 is 5.68. The lowest BCUT2D eigenvalue weighted by Gasteiger charge is -2.24. The van der Waals surface area contributed by atoms with Crippen LogP contribution in [0.3, 0.4) is 0 Å². The Kier molecular flexibility index (Phi) is 3.49. The molecule has 1 aromatic rings. The molecule has 1 heterocycles. The van der Waals surface area contributed by atoms with Crippen molar-refractivity contribution >= 4 is 0 Å². The van der Waals surface area contributed by atoms with Gasteiger partial charge in [-0.2, -0.15) is 0 Å². The molecular weight excluding hydrogens is 198 g/mol. The van der Waals surface area contributed by atoms with Gasteiger partial charge in [-0.15, -0.1) is 0 Å². The van der Waals surface area contributed by atoms with Crippen molar-refractivity contribution in [2.75, 3.05) is 6.61 Å². The Morgan fingerprint density at radius 1 is 1.44 bits per heavy atom. The standard InChI is InChI=1S/C14H21NO/c1-3-6-10(2)14(15)12-9-16-13-8-5-4-7-11(12)13/h4-5,7-8,10,12,14H,3,6,9,15H2,1-2H3. The third-order valence-corrected chi connectivity index (χ3v) is 3.60. The zero-order valence-electron chi connectivity index (χ0n) is 10.1. The van der Waals surface area contributed by atoms with Gasteiger partial charge in [0.2, 0.25) is 0 Å². The Balaban J connectivity index is 2.12. The van der Waals surface area contributed by atoms with Crippen LogP contribution in [0.1, 0.15) is 38.2 Å². The van der Waals surface area contributed by atoms with Crippen molar-refractivity contribution in [2.24, 2.45) is 11.7 Å². The van der Waals surface area contributed by atoms with E-state index >= 15 is 0 Å². The Morgan fingerprint density at radius 2 is 2.19 bits per heavy atom. The minimum atomic E-state index is 0.212. The molecule has 0 spiro atoms. The predicted octanol–water partition coefficient (Wildman–Crippen LogP) is 2.93. The molecule has 2 heteroatoms. The molecule has 1 aromatic carbocycles. The van der Waals surface area contributed by atoms with Crippen molar-refractivity contribution in [1.82, 2.24) is 0 Å². The van der Waals surface area contributed by atoms with Crippen molar-refractivity contribution < 1.29 is 4.74 Å². The summed E-state index contributed by atoms with van der Waals surface area (Å²) in [5.74, 6) is 1.95. The van der Waals surface area contributed by atoms with Crippen LogP contribution in [0.4, 0.5) is 0 Å². The lowest BCUT2D eigenvalue weighted by molar-refractivity contribution is 0.282. The monoisotopic (exact) mass is 219 g/mol. The summed E-state index contributed by atoms with van der Waals surface area (Å²) in [5, 5.41) is 0. The van der Waals surface area contributed by atoms with E-state index in [4.69, 9.17) is 10.5 Å². The summed E-state index contributed by atoms with van der Waals surface area (Å²) in [7, 11) is 0. The number of nitrogens with two attached hydrogens (primary N) is 1. The zero-order chi connectivity index (χ0) is 11.5. The highest BCUT2D eigenvalue weighted by Gasteiger charge is 2.31. The van der Waals surface area contributed by atoms with Gasteiger partial charge in [0.1, 0.15) is 5.75 Å². The number of hydrogen-bond donors (Lipinski definition) is 1. The highest BCUT2D eigenvalue weighted by atomic mass is 16.5. The van der Waals surface area contributed by atoms with Crippen LogP contribution in [0.5, 0.6) is 5.75 Å². The number of benzene rings is 1. The fourth-order valence-corrected chi connectivity index (χ4v) is 2.55. The van der Waals surface area contributed by atoms with Gasteiger partial charge in [-0.25, -0.2) is 0 Å². The molecule has 0 saturated carbocycles. The molecule has 2 rings (SSSR count). The number of para-hydroxylation sites is 1. The molecule has 3 unspecified atom stereocenters. The zero-order valence-corrected chi connectivity index (χ0v) is 10.1. The van der Waals surface area contributed by atoms with E-state index in [1.165, 1.54) is 18.4 Å². The molecule has 0 saturated heterocycles. The summed E-state index contributed by atoms with van der Waals surface area (Å²) in [5.41, 5.74) is 7.63. The van der Waals surface area contributed by atoms with Crippen LogP contribution < -0.4 is 10.5 Å². The molecule has 0 bridgehead atoms. The fourth-order valence-electron chi connectivity index (χ4n) is 2.55. The average molecular weight is 219 g/mol. The lowest BCUT2D eigenvalue weighted by Crippen LogP contribution is -2.35. The molecule has 0 amide bonds. The molecule has 0 fully saturated rings. The largest absolute Gasteiger partial charge is 0.493 e. The third kappa shape index (κ3) is 2.07. The van der Waals surface area contributed by atoms with Gasteiger partial charge in [0.05, 0.1) is 6.61 Å². The number of rotatable bonds is 4. The first-order valence-electron chi connectivity index (χ1n) is 6.21. The van der Waals surface area contributed by atoms with Gasteiger partial charge in [0.25, 0.3) is 0 Å². The van der Waals surface area contributed by atoms with E-state index in [9.17, 15) is 0 Å². The molecule has 0 radical (unpaired) electrons. The number of hydrogen-bond acceptors (Lipinski definition) is 2. The van der Waals surface area contributed by atoms with E-state index in [1.807, 2.05) is 12.1 Å². The van der Waals surface area contributed by atoms with Gasteiger partial charge in [-0.1, -0.05) is 38.5 Å². The maximum Gasteiger partial charge on any atom is 0.122 e. The van der Waals surface area contributed by atoms with E-state index in [0.717, 1.165) is 12.4 Å². The molecule has 88 valence electrons. The lowest BCUT2D eigenvalue weighted by atomic mass is 9.84. The number of fused-ring (bicyclic) bond motifs is 1. The smallest absolute Gasteiger partial charge is 0.122 e. The molecule has 1 aliphatic heterocycles. The summed E-state index contributed by atoms with van der Waals surface area (Å²) in [4.78, 5) is 0. The van der Waals surface area contributed by atoms with Crippen LogP contribution in [-0.2, 0) is 0 Å². The van der Waals surface area contributed by atoms with Crippen molar-refractivity contribution in [3.63, 3.8) is 0 Å². The molecule has 0 aliphatic carbocycles. The first-order chi connectivity index (χ1) is 7.74. The molecule has 0 aromatic heterocycles. The maximum atomic E-state index is 6.34. The van der Waals surface area contributed by atoms with E-state index in [1.54, 1.807) is 0 Å². The highest BCUT2D eigenvalue weighted by molar-refractivity contribution is 5.40. The first-order valence-corrected chi connectivity index (χ1v) is 6.21. The fraction of sp³-hybridized carbons (Fsp3) is 0.571. The van der Waals surface area contributed by atoms with E-state index in [2.05, 4.69) is 26.0 Å². The highest BCUT2D eigenvalue weighted by Crippen LogP contribution is 2.37. The topological polar surface area (TPSA) is 35.2 Å². The van der Waals surface area contributed by atoms with Crippen molar-refractivity contribution in [3.05, 3.63) is 29.8 Å².